The van der Waals surface area contributed by atoms with Crippen LogP contribution in [0.2, 0.25) is 0 Å². The molecule has 172 valence electrons. The Bertz CT molecular complexity index is 896. The summed E-state index contributed by atoms with van der Waals surface area (Å²) in [4.78, 5) is 18.3. The molecule has 1 aromatic heterocycles. The Labute approximate surface area is 182 Å². The van der Waals surface area contributed by atoms with Crippen LogP contribution in [0.5, 0.6) is 5.75 Å². The molecule has 2 amide bonds. The summed E-state index contributed by atoms with van der Waals surface area (Å²) in [5.74, 6) is 1.23. The Morgan fingerprint density at radius 3 is 1.97 bits per heavy atom. The smallest absolute Gasteiger partial charge is 0.406 e. The third kappa shape index (κ3) is 5.69. The van der Waals surface area contributed by atoms with Crippen LogP contribution in [0.3, 0.4) is 0 Å². The molecule has 32 heavy (non-hydrogen) atoms. The maximum atomic E-state index is 12.5. The number of alkyl halides is 3. The van der Waals surface area contributed by atoms with Gasteiger partial charge in [0.05, 0.1) is 13.2 Å². The molecule has 0 aliphatic carbocycles. The number of halogens is 3. The second kappa shape index (κ2) is 9.47. The SMILES string of the molecule is O=C(Nc1ccc(OC(F)(F)F)cc1)N1CCN(c2ccc(N3CCOCC3)nn2)CC1. The molecule has 2 aliphatic heterocycles. The van der Waals surface area contributed by atoms with Gasteiger partial charge in [0.15, 0.2) is 11.6 Å². The lowest BCUT2D eigenvalue weighted by Gasteiger charge is -2.35. The number of anilines is 3. The molecule has 0 radical (unpaired) electrons. The van der Waals surface area contributed by atoms with Crippen molar-refractivity contribution in [1.29, 1.82) is 0 Å². The van der Waals surface area contributed by atoms with Crippen LogP contribution in [-0.4, -0.2) is 80.0 Å². The summed E-state index contributed by atoms with van der Waals surface area (Å²) in [6.45, 7) is 5.09. The predicted octanol–water partition coefficient (Wildman–Crippen LogP) is 2.57. The highest BCUT2D eigenvalue weighted by Crippen LogP contribution is 2.24. The first-order chi connectivity index (χ1) is 15.4. The van der Waals surface area contributed by atoms with Crippen molar-refractivity contribution in [2.24, 2.45) is 0 Å². The van der Waals surface area contributed by atoms with Crippen LogP contribution in [-0.2, 0) is 4.74 Å². The topological polar surface area (TPSA) is 83.1 Å². The molecular formula is C20H23F3N6O3. The average molecular weight is 452 g/mol. The first kappa shape index (κ1) is 21.9. The lowest BCUT2D eigenvalue weighted by atomic mass is 10.3. The number of aromatic nitrogens is 2. The Morgan fingerprint density at radius 2 is 1.44 bits per heavy atom. The Kier molecular flexibility index (Phi) is 6.49. The Morgan fingerprint density at radius 1 is 0.875 bits per heavy atom. The molecule has 0 spiro atoms. The van der Waals surface area contributed by atoms with Crippen LogP contribution in [0, 0.1) is 0 Å². The zero-order valence-electron chi connectivity index (χ0n) is 17.2. The van der Waals surface area contributed by atoms with Crippen molar-refractivity contribution in [2.75, 3.05) is 67.6 Å². The van der Waals surface area contributed by atoms with E-state index in [1.54, 1.807) is 4.90 Å². The molecular weight excluding hydrogens is 429 g/mol. The molecule has 2 aliphatic rings. The van der Waals surface area contributed by atoms with Gasteiger partial charge in [-0.25, -0.2) is 4.79 Å². The number of urea groups is 1. The molecule has 2 saturated heterocycles. The van der Waals surface area contributed by atoms with Gasteiger partial charge in [0, 0.05) is 45.0 Å². The highest BCUT2D eigenvalue weighted by molar-refractivity contribution is 5.89. The van der Waals surface area contributed by atoms with Crippen LogP contribution >= 0.6 is 0 Å². The molecule has 1 N–H and O–H groups in total. The van der Waals surface area contributed by atoms with E-state index in [0.29, 0.717) is 45.1 Å². The van der Waals surface area contributed by atoms with E-state index in [1.807, 2.05) is 12.1 Å². The van der Waals surface area contributed by atoms with Crippen LogP contribution in [0.25, 0.3) is 0 Å². The van der Waals surface area contributed by atoms with Crippen molar-refractivity contribution < 1.29 is 27.4 Å². The predicted molar refractivity (Wildman–Crippen MR) is 111 cm³/mol. The number of ether oxygens (including phenoxy) is 2. The molecule has 0 saturated carbocycles. The highest BCUT2D eigenvalue weighted by atomic mass is 19.4. The van der Waals surface area contributed by atoms with Crippen LogP contribution in [0.1, 0.15) is 0 Å². The first-order valence-electron chi connectivity index (χ1n) is 10.2. The van der Waals surface area contributed by atoms with Gasteiger partial charge in [-0.2, -0.15) is 0 Å². The zero-order chi connectivity index (χ0) is 22.6. The van der Waals surface area contributed by atoms with Gasteiger partial charge in [-0.3, -0.25) is 0 Å². The van der Waals surface area contributed by atoms with E-state index in [4.69, 9.17) is 4.74 Å². The van der Waals surface area contributed by atoms with Gasteiger partial charge >= 0.3 is 12.4 Å². The summed E-state index contributed by atoms with van der Waals surface area (Å²) in [7, 11) is 0. The molecule has 2 fully saturated rings. The number of hydrogen-bond acceptors (Lipinski definition) is 7. The molecule has 12 heteroatoms. The Hall–Kier alpha value is -3.28. The minimum Gasteiger partial charge on any atom is -0.406 e. The summed E-state index contributed by atoms with van der Waals surface area (Å²) >= 11 is 0. The summed E-state index contributed by atoms with van der Waals surface area (Å²) in [5.41, 5.74) is 0.386. The summed E-state index contributed by atoms with van der Waals surface area (Å²) in [5, 5.41) is 11.3. The number of amides is 2. The number of piperazine rings is 1. The summed E-state index contributed by atoms with van der Waals surface area (Å²) < 4.78 is 45.9. The van der Waals surface area contributed by atoms with E-state index in [1.165, 1.54) is 12.1 Å². The fourth-order valence-corrected chi connectivity index (χ4v) is 3.53. The number of nitrogens with one attached hydrogen (secondary N) is 1. The van der Waals surface area contributed by atoms with Crippen molar-refractivity contribution in [3.63, 3.8) is 0 Å². The van der Waals surface area contributed by atoms with Crippen molar-refractivity contribution in [3.8, 4) is 5.75 Å². The fraction of sp³-hybridized carbons (Fsp3) is 0.450. The molecule has 0 unspecified atom stereocenters. The standard InChI is InChI=1S/C20H23F3N6O3/c21-20(22,23)32-16-3-1-15(2-4-16)24-19(30)29-9-7-27(8-10-29)17-5-6-18(26-25-17)28-11-13-31-14-12-28/h1-6H,7-14H2,(H,24,30). The van der Waals surface area contributed by atoms with Gasteiger partial charge in [-0.15, -0.1) is 23.4 Å². The van der Waals surface area contributed by atoms with Crippen molar-refractivity contribution in [1.82, 2.24) is 15.1 Å². The van der Waals surface area contributed by atoms with Crippen molar-refractivity contribution in [2.45, 2.75) is 6.36 Å². The lowest BCUT2D eigenvalue weighted by molar-refractivity contribution is -0.274. The minimum atomic E-state index is -4.75. The second-order valence-corrected chi connectivity index (χ2v) is 7.33. The molecule has 0 atom stereocenters. The van der Waals surface area contributed by atoms with Gasteiger partial charge in [0.25, 0.3) is 0 Å². The number of benzene rings is 1. The molecule has 3 heterocycles. The number of nitrogens with zero attached hydrogens (tertiary/aromatic N) is 5. The first-order valence-corrected chi connectivity index (χ1v) is 10.2. The van der Waals surface area contributed by atoms with Gasteiger partial charge in [0.1, 0.15) is 5.75 Å². The van der Waals surface area contributed by atoms with Crippen molar-refractivity contribution >= 4 is 23.4 Å². The maximum Gasteiger partial charge on any atom is 0.573 e. The van der Waals surface area contributed by atoms with E-state index in [0.717, 1.165) is 36.9 Å². The highest BCUT2D eigenvalue weighted by Gasteiger charge is 2.31. The molecule has 4 rings (SSSR count). The Balaban J connectivity index is 1.26. The van der Waals surface area contributed by atoms with E-state index in [2.05, 4.69) is 30.1 Å². The van der Waals surface area contributed by atoms with E-state index >= 15 is 0 Å². The minimum absolute atomic E-state index is 0.317. The van der Waals surface area contributed by atoms with Gasteiger partial charge in [-0.1, -0.05) is 0 Å². The third-order valence-electron chi connectivity index (χ3n) is 5.20. The fourth-order valence-electron chi connectivity index (χ4n) is 3.53. The summed E-state index contributed by atoms with van der Waals surface area (Å²) in [6, 6.07) is 8.59. The van der Waals surface area contributed by atoms with E-state index in [-0.39, 0.29) is 11.8 Å². The van der Waals surface area contributed by atoms with Gasteiger partial charge in [0.2, 0.25) is 0 Å². The monoisotopic (exact) mass is 452 g/mol. The largest absolute Gasteiger partial charge is 0.573 e. The number of hydrogen-bond donors (Lipinski definition) is 1. The second-order valence-electron chi connectivity index (χ2n) is 7.33. The van der Waals surface area contributed by atoms with Crippen molar-refractivity contribution in [3.05, 3.63) is 36.4 Å². The maximum absolute atomic E-state index is 12.5. The number of rotatable bonds is 4. The quantitative estimate of drug-likeness (QED) is 0.764. The molecule has 1 aromatic carbocycles. The average Bonchev–Trinajstić information content (AvgIpc) is 2.80. The number of carbonyl (C=O) groups excluding carboxylic acids is 1. The van der Waals surface area contributed by atoms with Crippen LogP contribution in [0.15, 0.2) is 36.4 Å². The lowest BCUT2D eigenvalue weighted by Crippen LogP contribution is -2.50. The number of carbonyl (C=O) groups is 1. The van der Waals surface area contributed by atoms with E-state index < -0.39 is 6.36 Å². The third-order valence-corrected chi connectivity index (χ3v) is 5.20. The molecule has 9 nitrogen and oxygen atoms in total. The number of morpholine rings is 1. The molecule has 2 aromatic rings. The van der Waals surface area contributed by atoms with Crippen LogP contribution < -0.4 is 19.9 Å². The zero-order valence-corrected chi connectivity index (χ0v) is 17.2. The van der Waals surface area contributed by atoms with Crippen LogP contribution in [0.4, 0.5) is 35.3 Å². The van der Waals surface area contributed by atoms with Gasteiger partial charge in [-0.05, 0) is 36.4 Å². The van der Waals surface area contributed by atoms with Gasteiger partial charge < -0.3 is 29.5 Å². The summed E-state index contributed by atoms with van der Waals surface area (Å²) in [6.07, 6.45) is -4.75. The molecule has 0 bridgehead atoms. The van der Waals surface area contributed by atoms with E-state index in [9.17, 15) is 18.0 Å². The normalized spacial score (nSPS) is 17.3.